The Morgan fingerprint density at radius 3 is 2.32 bits per heavy atom. The number of amides is 1. The van der Waals surface area contributed by atoms with E-state index in [0.29, 0.717) is 27.3 Å². The normalized spacial score (nSPS) is 10.6. The summed E-state index contributed by atoms with van der Waals surface area (Å²) in [5, 5.41) is 3.45. The molecule has 0 heterocycles. The van der Waals surface area contributed by atoms with Gasteiger partial charge in [0.05, 0.1) is 17.2 Å². The molecule has 2 rings (SSSR count). The highest BCUT2D eigenvalue weighted by molar-refractivity contribution is 6.37. The number of hydrogen-bond acceptors (Lipinski definition) is 2. The third-order valence-electron chi connectivity index (χ3n) is 3.28. The van der Waals surface area contributed by atoms with E-state index in [2.05, 4.69) is 19.2 Å². The molecule has 1 N–H and O–H groups in total. The van der Waals surface area contributed by atoms with Gasteiger partial charge in [0, 0.05) is 11.3 Å². The van der Waals surface area contributed by atoms with E-state index >= 15 is 0 Å². The third-order valence-corrected chi connectivity index (χ3v) is 3.84. The molecule has 0 saturated heterocycles. The number of carbonyl (C=O) groups excluding carboxylic acids is 1. The van der Waals surface area contributed by atoms with Gasteiger partial charge in [0.2, 0.25) is 0 Å². The van der Waals surface area contributed by atoms with Crippen molar-refractivity contribution < 1.29 is 9.53 Å². The molecule has 0 radical (unpaired) electrons. The van der Waals surface area contributed by atoms with Crippen LogP contribution in [0.3, 0.4) is 0 Å². The molecule has 0 fully saturated rings. The van der Waals surface area contributed by atoms with E-state index in [1.807, 2.05) is 24.3 Å². The summed E-state index contributed by atoms with van der Waals surface area (Å²) in [6, 6.07) is 10.8. The van der Waals surface area contributed by atoms with Gasteiger partial charge in [-0.2, -0.15) is 0 Å². The Bertz CT molecular complexity index is 676. The average Bonchev–Trinajstić information content (AvgIpc) is 2.47. The zero-order valence-electron chi connectivity index (χ0n) is 12.6. The summed E-state index contributed by atoms with van der Waals surface area (Å²) in [6.45, 7) is 4.20. The Morgan fingerprint density at radius 1 is 1.14 bits per heavy atom. The highest BCUT2D eigenvalue weighted by atomic mass is 35.5. The first-order valence-electron chi connectivity index (χ1n) is 6.86. The van der Waals surface area contributed by atoms with E-state index in [1.165, 1.54) is 19.2 Å². The molecule has 1 amide bonds. The molecule has 0 aliphatic carbocycles. The van der Waals surface area contributed by atoms with Gasteiger partial charge in [-0.05, 0) is 35.7 Å². The Labute approximate surface area is 140 Å². The van der Waals surface area contributed by atoms with Crippen LogP contribution in [0.4, 0.5) is 5.69 Å². The zero-order chi connectivity index (χ0) is 16.3. The molecule has 22 heavy (non-hydrogen) atoms. The van der Waals surface area contributed by atoms with Crippen LogP contribution in [0.2, 0.25) is 10.0 Å². The summed E-state index contributed by atoms with van der Waals surface area (Å²) in [6.07, 6.45) is 0. The Balaban J connectivity index is 2.24. The van der Waals surface area contributed by atoms with Gasteiger partial charge in [0.1, 0.15) is 0 Å². The molecule has 0 aliphatic heterocycles. The summed E-state index contributed by atoms with van der Waals surface area (Å²) < 4.78 is 5.08. The first kappa shape index (κ1) is 16.7. The highest BCUT2D eigenvalue weighted by Gasteiger charge is 2.14. The Kier molecular flexibility index (Phi) is 5.33. The van der Waals surface area contributed by atoms with Crippen molar-refractivity contribution in [2.24, 2.45) is 0 Å². The largest absolute Gasteiger partial charge is 0.494 e. The summed E-state index contributed by atoms with van der Waals surface area (Å²) in [5.74, 6) is 0.482. The lowest BCUT2D eigenvalue weighted by atomic mass is 10.0. The predicted molar refractivity (Wildman–Crippen MR) is 91.5 cm³/mol. The number of nitrogens with one attached hydrogen (secondary N) is 1. The molecule has 5 heteroatoms. The van der Waals surface area contributed by atoms with E-state index in [1.54, 1.807) is 0 Å². The lowest BCUT2D eigenvalue weighted by molar-refractivity contribution is 0.102. The second kappa shape index (κ2) is 7.03. The van der Waals surface area contributed by atoms with Gasteiger partial charge in [-0.15, -0.1) is 0 Å². The van der Waals surface area contributed by atoms with Crippen molar-refractivity contribution in [3.05, 3.63) is 57.6 Å². The number of ether oxygens (including phenoxy) is 1. The van der Waals surface area contributed by atoms with Crippen molar-refractivity contribution >= 4 is 34.8 Å². The van der Waals surface area contributed by atoms with Crippen LogP contribution in [0.1, 0.15) is 35.7 Å². The molecule has 0 aromatic heterocycles. The van der Waals surface area contributed by atoms with E-state index in [-0.39, 0.29) is 5.91 Å². The molecule has 3 nitrogen and oxygen atoms in total. The maximum Gasteiger partial charge on any atom is 0.255 e. The molecular weight excluding hydrogens is 321 g/mol. The molecule has 0 saturated carbocycles. The fourth-order valence-corrected chi connectivity index (χ4v) is 2.71. The molecule has 0 spiro atoms. The predicted octanol–water partition coefficient (Wildman–Crippen LogP) is 5.38. The van der Waals surface area contributed by atoms with Crippen LogP contribution in [-0.2, 0) is 0 Å². The summed E-state index contributed by atoms with van der Waals surface area (Å²) in [7, 11) is 1.48. The van der Waals surface area contributed by atoms with Gasteiger partial charge < -0.3 is 10.1 Å². The highest BCUT2D eigenvalue weighted by Crippen LogP contribution is 2.34. The number of carbonyl (C=O) groups is 1. The fourth-order valence-electron chi connectivity index (χ4n) is 2.06. The average molecular weight is 338 g/mol. The van der Waals surface area contributed by atoms with Crippen molar-refractivity contribution in [2.45, 2.75) is 19.8 Å². The number of rotatable bonds is 4. The van der Waals surface area contributed by atoms with Gasteiger partial charge in [-0.3, -0.25) is 4.79 Å². The summed E-state index contributed by atoms with van der Waals surface area (Å²) in [4.78, 5) is 12.3. The van der Waals surface area contributed by atoms with Crippen molar-refractivity contribution in [3.63, 3.8) is 0 Å². The minimum atomic E-state index is -0.271. The lowest BCUT2D eigenvalue weighted by Crippen LogP contribution is -2.12. The van der Waals surface area contributed by atoms with Crippen LogP contribution in [0.25, 0.3) is 0 Å². The van der Waals surface area contributed by atoms with Crippen molar-refractivity contribution in [3.8, 4) is 5.75 Å². The van der Waals surface area contributed by atoms with Crippen LogP contribution >= 0.6 is 23.2 Å². The maximum atomic E-state index is 12.3. The van der Waals surface area contributed by atoms with Crippen LogP contribution in [0.15, 0.2) is 36.4 Å². The summed E-state index contributed by atoms with van der Waals surface area (Å²) in [5.41, 5.74) is 2.27. The lowest BCUT2D eigenvalue weighted by Gasteiger charge is -2.11. The molecule has 0 unspecified atom stereocenters. The number of benzene rings is 2. The quantitative estimate of drug-likeness (QED) is 0.813. The van der Waals surface area contributed by atoms with Gasteiger partial charge in [0.25, 0.3) is 5.91 Å². The van der Waals surface area contributed by atoms with Crippen molar-refractivity contribution in [2.75, 3.05) is 12.4 Å². The van der Waals surface area contributed by atoms with Crippen molar-refractivity contribution in [1.82, 2.24) is 0 Å². The maximum absolute atomic E-state index is 12.3. The minimum Gasteiger partial charge on any atom is -0.494 e. The first-order chi connectivity index (χ1) is 10.4. The smallest absolute Gasteiger partial charge is 0.255 e. The number of hydrogen-bond donors (Lipinski definition) is 1. The number of anilines is 1. The van der Waals surface area contributed by atoms with Gasteiger partial charge in [-0.1, -0.05) is 49.2 Å². The van der Waals surface area contributed by atoms with Crippen LogP contribution in [0.5, 0.6) is 5.75 Å². The molecule has 0 atom stereocenters. The second-order valence-electron chi connectivity index (χ2n) is 5.21. The van der Waals surface area contributed by atoms with E-state index in [0.717, 1.165) is 11.3 Å². The van der Waals surface area contributed by atoms with Crippen molar-refractivity contribution in [1.29, 1.82) is 0 Å². The molecular formula is C17H17Cl2NO2. The first-order valence-corrected chi connectivity index (χ1v) is 7.62. The van der Waals surface area contributed by atoms with E-state index < -0.39 is 0 Å². The van der Waals surface area contributed by atoms with Gasteiger partial charge >= 0.3 is 0 Å². The topological polar surface area (TPSA) is 38.3 Å². The van der Waals surface area contributed by atoms with Gasteiger partial charge in [-0.25, -0.2) is 0 Å². The Hall–Kier alpha value is -1.71. The Morgan fingerprint density at radius 2 is 1.77 bits per heavy atom. The van der Waals surface area contributed by atoms with E-state index in [4.69, 9.17) is 27.9 Å². The number of halogens is 2. The molecule has 0 aliphatic rings. The van der Waals surface area contributed by atoms with Crippen LogP contribution < -0.4 is 10.1 Å². The standard InChI is InChI=1S/C17H17Cl2NO2/c1-10(2)11-5-4-6-13(7-11)20-17(21)12-8-14(18)16(22-3)15(19)9-12/h4-10H,1-3H3,(H,20,21). The molecule has 0 bridgehead atoms. The molecule has 2 aromatic carbocycles. The zero-order valence-corrected chi connectivity index (χ0v) is 14.1. The minimum absolute atomic E-state index is 0.271. The van der Waals surface area contributed by atoms with Crippen LogP contribution in [-0.4, -0.2) is 13.0 Å². The summed E-state index contributed by atoms with van der Waals surface area (Å²) >= 11 is 12.1. The fraction of sp³-hybridized carbons (Fsp3) is 0.235. The van der Waals surface area contributed by atoms with Crippen LogP contribution in [0, 0.1) is 0 Å². The third kappa shape index (κ3) is 3.73. The number of methoxy groups -OCH3 is 1. The monoisotopic (exact) mass is 337 g/mol. The van der Waals surface area contributed by atoms with E-state index in [9.17, 15) is 4.79 Å². The molecule has 2 aromatic rings. The SMILES string of the molecule is COc1c(Cl)cc(C(=O)Nc2cccc(C(C)C)c2)cc1Cl. The molecule has 116 valence electrons. The second-order valence-corrected chi connectivity index (χ2v) is 6.02. The van der Waals surface area contributed by atoms with Gasteiger partial charge in [0.15, 0.2) is 5.75 Å².